The standard InChI is InChI=1S/C28H36ClN7O4S/c1-18(2)34-13-8-19(9-14-34)31-28(39)22-16-21(27(38)30-10-4-12-35-11-3-5-26(35)37)32-36(22)17-20-15-23(40-33-20)24-6-7-25(29)41-24/h6-7,15-16,18-19H,3-5,8-14,17H2,1-2H3,(H,30,38)(H,31,39). The summed E-state index contributed by atoms with van der Waals surface area (Å²) >= 11 is 7.45. The average Bonchev–Trinajstić information content (AvgIpc) is 3.75. The Labute approximate surface area is 248 Å². The van der Waals surface area contributed by atoms with E-state index in [2.05, 4.69) is 39.6 Å². The lowest BCUT2D eigenvalue weighted by molar-refractivity contribution is -0.127. The fourth-order valence-electron chi connectivity index (χ4n) is 5.26. The van der Waals surface area contributed by atoms with Gasteiger partial charge in [0.05, 0.1) is 15.8 Å². The van der Waals surface area contributed by atoms with Crippen molar-refractivity contribution in [1.29, 1.82) is 0 Å². The van der Waals surface area contributed by atoms with Crippen molar-refractivity contribution < 1.29 is 18.9 Å². The molecule has 2 aliphatic rings. The van der Waals surface area contributed by atoms with E-state index in [-0.39, 0.29) is 41.7 Å². The largest absolute Gasteiger partial charge is 0.355 e. The zero-order valence-corrected chi connectivity index (χ0v) is 25.0. The van der Waals surface area contributed by atoms with Gasteiger partial charge in [-0.2, -0.15) is 5.10 Å². The number of piperidine rings is 1. The lowest BCUT2D eigenvalue weighted by atomic mass is 10.0. The van der Waals surface area contributed by atoms with Crippen LogP contribution in [-0.4, -0.2) is 87.3 Å². The molecule has 0 bridgehead atoms. The molecular weight excluding hydrogens is 566 g/mol. The lowest BCUT2D eigenvalue weighted by Crippen LogP contribution is -2.46. The van der Waals surface area contributed by atoms with Crippen LogP contribution in [0.3, 0.4) is 0 Å². The highest BCUT2D eigenvalue weighted by Crippen LogP contribution is 2.31. The highest BCUT2D eigenvalue weighted by Gasteiger charge is 2.26. The first-order chi connectivity index (χ1) is 19.8. The number of hydrogen-bond acceptors (Lipinski definition) is 8. The van der Waals surface area contributed by atoms with Crippen LogP contribution in [0.25, 0.3) is 10.6 Å². The number of rotatable bonds is 11. The lowest BCUT2D eigenvalue weighted by Gasteiger charge is -2.34. The van der Waals surface area contributed by atoms with Crippen molar-refractivity contribution in [2.45, 2.75) is 64.6 Å². The second kappa shape index (κ2) is 13.2. The maximum atomic E-state index is 13.4. The van der Waals surface area contributed by atoms with Crippen LogP contribution in [0, 0.1) is 0 Å². The van der Waals surface area contributed by atoms with Crippen LogP contribution >= 0.6 is 22.9 Å². The van der Waals surface area contributed by atoms with Gasteiger partial charge in [0, 0.05) is 63.4 Å². The van der Waals surface area contributed by atoms with Gasteiger partial charge in [0.1, 0.15) is 11.4 Å². The highest BCUT2D eigenvalue weighted by atomic mass is 35.5. The predicted octanol–water partition coefficient (Wildman–Crippen LogP) is 3.65. The van der Waals surface area contributed by atoms with Crippen molar-refractivity contribution in [1.82, 2.24) is 35.4 Å². The molecule has 5 rings (SSSR count). The Morgan fingerprint density at radius 3 is 2.66 bits per heavy atom. The van der Waals surface area contributed by atoms with Gasteiger partial charge < -0.3 is 25.0 Å². The van der Waals surface area contributed by atoms with Crippen LogP contribution in [0.15, 0.2) is 28.8 Å². The summed E-state index contributed by atoms with van der Waals surface area (Å²) in [6.07, 6.45) is 3.86. The highest BCUT2D eigenvalue weighted by molar-refractivity contribution is 7.19. The Hall–Kier alpha value is -3.22. The molecule has 0 aliphatic carbocycles. The van der Waals surface area contributed by atoms with Gasteiger partial charge in [-0.1, -0.05) is 16.8 Å². The number of carbonyl (C=O) groups excluding carboxylic acids is 3. The van der Waals surface area contributed by atoms with E-state index < -0.39 is 0 Å². The molecule has 41 heavy (non-hydrogen) atoms. The summed E-state index contributed by atoms with van der Waals surface area (Å²) in [4.78, 5) is 43.3. The predicted molar refractivity (Wildman–Crippen MR) is 156 cm³/mol. The molecule has 3 aromatic rings. The van der Waals surface area contributed by atoms with E-state index >= 15 is 0 Å². The van der Waals surface area contributed by atoms with E-state index in [1.54, 1.807) is 12.1 Å². The molecule has 2 aliphatic heterocycles. The Morgan fingerprint density at radius 2 is 1.98 bits per heavy atom. The molecule has 0 atom stereocenters. The van der Waals surface area contributed by atoms with Crippen LogP contribution in [0.4, 0.5) is 0 Å². The minimum absolute atomic E-state index is 0.0497. The first-order valence-electron chi connectivity index (χ1n) is 14.2. The summed E-state index contributed by atoms with van der Waals surface area (Å²) in [5.41, 5.74) is 0.998. The molecule has 5 heterocycles. The maximum absolute atomic E-state index is 13.4. The molecule has 3 aromatic heterocycles. The van der Waals surface area contributed by atoms with Crippen LogP contribution < -0.4 is 10.6 Å². The van der Waals surface area contributed by atoms with Gasteiger partial charge in [-0.05, 0) is 51.7 Å². The number of hydrogen-bond donors (Lipinski definition) is 2. The fourth-order valence-corrected chi connectivity index (χ4v) is 6.25. The van der Waals surface area contributed by atoms with Crippen molar-refractivity contribution >= 4 is 40.7 Å². The number of amides is 3. The minimum atomic E-state index is -0.371. The molecule has 0 saturated carbocycles. The molecule has 0 spiro atoms. The van der Waals surface area contributed by atoms with Gasteiger partial charge in [-0.3, -0.25) is 19.1 Å². The number of nitrogens with zero attached hydrogens (tertiary/aromatic N) is 5. The summed E-state index contributed by atoms with van der Waals surface area (Å²) < 4.78 is 7.65. The van der Waals surface area contributed by atoms with Crippen LogP contribution in [0.2, 0.25) is 4.34 Å². The topological polar surface area (TPSA) is 126 Å². The van der Waals surface area contributed by atoms with Crippen molar-refractivity contribution in [2.24, 2.45) is 0 Å². The van der Waals surface area contributed by atoms with Gasteiger partial charge in [-0.15, -0.1) is 11.3 Å². The number of halogens is 1. The molecule has 220 valence electrons. The first kappa shape index (κ1) is 29.3. The summed E-state index contributed by atoms with van der Waals surface area (Å²) in [6, 6.07) is 7.48. The van der Waals surface area contributed by atoms with Crippen molar-refractivity contribution in [3.8, 4) is 10.6 Å². The number of carbonyl (C=O) groups is 3. The van der Waals surface area contributed by atoms with Gasteiger partial charge in [0.2, 0.25) is 5.91 Å². The van der Waals surface area contributed by atoms with Gasteiger partial charge in [0.25, 0.3) is 11.8 Å². The second-order valence-corrected chi connectivity index (χ2v) is 12.5. The number of thiophene rings is 1. The number of aromatic nitrogens is 3. The Balaban J connectivity index is 1.27. The van der Waals surface area contributed by atoms with E-state index in [0.717, 1.165) is 43.8 Å². The molecule has 13 heteroatoms. The SMILES string of the molecule is CC(C)N1CCC(NC(=O)c2cc(C(=O)NCCCN3CCCC3=O)nn2Cc2cc(-c3ccc(Cl)s3)on2)CC1. The fraction of sp³-hybridized carbons (Fsp3) is 0.536. The van der Waals surface area contributed by atoms with Crippen molar-refractivity contribution in [2.75, 3.05) is 32.7 Å². The number of likely N-dealkylation sites (tertiary alicyclic amines) is 2. The Bertz CT molecular complexity index is 1380. The summed E-state index contributed by atoms with van der Waals surface area (Å²) in [7, 11) is 0. The van der Waals surface area contributed by atoms with Gasteiger partial charge in [-0.25, -0.2) is 0 Å². The molecule has 11 nitrogen and oxygen atoms in total. The third-order valence-electron chi connectivity index (χ3n) is 7.59. The summed E-state index contributed by atoms with van der Waals surface area (Å²) in [5, 5.41) is 14.6. The molecule has 2 fully saturated rings. The normalized spacial score (nSPS) is 16.6. The van der Waals surface area contributed by atoms with E-state index in [4.69, 9.17) is 16.1 Å². The number of nitrogens with one attached hydrogen (secondary N) is 2. The Morgan fingerprint density at radius 1 is 1.17 bits per heavy atom. The van der Waals surface area contributed by atoms with E-state index in [0.29, 0.717) is 47.8 Å². The van der Waals surface area contributed by atoms with E-state index in [1.165, 1.54) is 22.1 Å². The van der Waals surface area contributed by atoms with Crippen LogP contribution in [0.1, 0.15) is 72.6 Å². The molecule has 3 amide bonds. The van der Waals surface area contributed by atoms with Crippen LogP contribution in [-0.2, 0) is 11.3 Å². The monoisotopic (exact) mass is 601 g/mol. The third-order valence-corrected chi connectivity index (χ3v) is 8.83. The van der Waals surface area contributed by atoms with Crippen molar-refractivity contribution in [3.63, 3.8) is 0 Å². The molecule has 0 unspecified atom stereocenters. The summed E-state index contributed by atoms with van der Waals surface area (Å²) in [6.45, 7) is 8.15. The zero-order valence-electron chi connectivity index (χ0n) is 23.4. The molecular formula is C28H36ClN7O4S. The first-order valence-corrected chi connectivity index (χ1v) is 15.4. The Kier molecular flexibility index (Phi) is 9.41. The molecule has 2 saturated heterocycles. The smallest absolute Gasteiger partial charge is 0.271 e. The molecule has 0 aromatic carbocycles. The van der Waals surface area contributed by atoms with E-state index in [1.807, 2.05) is 11.0 Å². The van der Waals surface area contributed by atoms with E-state index in [9.17, 15) is 14.4 Å². The summed E-state index contributed by atoms with van der Waals surface area (Å²) in [5.74, 6) is 0.0888. The van der Waals surface area contributed by atoms with Crippen molar-refractivity contribution in [3.05, 3.63) is 45.7 Å². The third kappa shape index (κ3) is 7.35. The second-order valence-electron chi connectivity index (χ2n) is 10.8. The average molecular weight is 602 g/mol. The molecule has 0 radical (unpaired) electrons. The maximum Gasteiger partial charge on any atom is 0.271 e. The van der Waals surface area contributed by atoms with Gasteiger partial charge in [0.15, 0.2) is 11.5 Å². The minimum Gasteiger partial charge on any atom is -0.355 e. The zero-order chi connectivity index (χ0) is 28.9. The van der Waals surface area contributed by atoms with Crippen LogP contribution in [0.5, 0.6) is 0 Å². The molecule has 2 N–H and O–H groups in total. The van der Waals surface area contributed by atoms with Gasteiger partial charge >= 0.3 is 0 Å². The quantitative estimate of drug-likeness (QED) is 0.321.